The minimum Gasteiger partial charge on any atom is -0.497 e. The molecule has 0 bridgehead atoms. The molecule has 2 aromatic heterocycles. The molecule has 4 N–H and O–H groups in total. The summed E-state index contributed by atoms with van der Waals surface area (Å²) in [6.07, 6.45) is -0.588. The zero-order valence-corrected chi connectivity index (χ0v) is 42.2. The molecule has 0 saturated heterocycles. The van der Waals surface area contributed by atoms with Crippen LogP contribution in [-0.4, -0.2) is 140 Å². The van der Waals surface area contributed by atoms with E-state index in [1.165, 1.54) is 23.9 Å². The van der Waals surface area contributed by atoms with E-state index in [2.05, 4.69) is 31.2 Å². The molecule has 0 aliphatic carbocycles. The van der Waals surface area contributed by atoms with E-state index in [1.807, 2.05) is 79.7 Å². The first-order chi connectivity index (χ1) is 35.7. The summed E-state index contributed by atoms with van der Waals surface area (Å²) in [5.41, 5.74) is 5.25. The van der Waals surface area contributed by atoms with Gasteiger partial charge in [0.15, 0.2) is 11.6 Å². The second kappa shape index (κ2) is 27.2. The van der Waals surface area contributed by atoms with E-state index in [9.17, 15) is 28.8 Å². The monoisotopic (exact) mass is 1010 g/mol. The highest BCUT2D eigenvalue weighted by Gasteiger charge is 2.19. The molecule has 2 heterocycles. The second-order valence-electron chi connectivity index (χ2n) is 16.9. The van der Waals surface area contributed by atoms with Gasteiger partial charge in [-0.25, -0.2) is 19.9 Å². The molecule has 6 amide bonds. The van der Waals surface area contributed by atoms with Crippen molar-refractivity contribution in [1.29, 1.82) is 0 Å². The minimum absolute atomic E-state index is 0.133. The Morgan fingerprint density at radius 3 is 1.18 bits per heavy atom. The second-order valence-corrected chi connectivity index (χ2v) is 16.9. The third kappa shape index (κ3) is 16.7. The number of ether oxygens (including phenoxy) is 4. The lowest BCUT2D eigenvalue weighted by Gasteiger charge is -2.17. The van der Waals surface area contributed by atoms with Crippen molar-refractivity contribution in [1.82, 2.24) is 40.4 Å². The molecule has 0 aliphatic heterocycles. The van der Waals surface area contributed by atoms with E-state index < -0.39 is 35.4 Å². The third-order valence-corrected chi connectivity index (χ3v) is 11.3. The zero-order chi connectivity index (χ0) is 53.0. The van der Waals surface area contributed by atoms with Crippen LogP contribution in [0.15, 0.2) is 109 Å². The topological polar surface area (TPSA) is 246 Å². The number of anilines is 2. The van der Waals surface area contributed by atoms with E-state index in [1.54, 1.807) is 57.7 Å². The van der Waals surface area contributed by atoms with Gasteiger partial charge >= 0.3 is 0 Å². The molecular formula is C54H60N10O10. The normalized spacial score (nSPS) is 10.7. The first kappa shape index (κ1) is 54.6. The number of methoxy groups -OCH3 is 3. The summed E-state index contributed by atoms with van der Waals surface area (Å²) in [5.74, 6) is 0.802. The maximum absolute atomic E-state index is 13.0. The quantitative estimate of drug-likeness (QED) is 0.0513. The van der Waals surface area contributed by atoms with Crippen LogP contribution in [0.2, 0.25) is 0 Å². The SMILES string of the molecule is COc1ccc(-c2cc(NC(=O)CCC(=O)N(C)CC(=O)NCCOCCNC(=O)CN(C)C(=O)CCC(=O)Nc3cc(-c4ccc(OC)cc4)nc(-c4ccc(OC)cc4)n3)nc(-c3ccc(C)cc3)n2)cc1. The molecule has 0 aliphatic rings. The molecule has 0 spiro atoms. The zero-order valence-electron chi connectivity index (χ0n) is 42.2. The summed E-state index contributed by atoms with van der Waals surface area (Å²) in [5, 5.41) is 10.9. The lowest BCUT2D eigenvalue weighted by molar-refractivity contribution is -0.135. The van der Waals surface area contributed by atoms with Gasteiger partial charge < -0.3 is 50.0 Å². The predicted molar refractivity (Wildman–Crippen MR) is 278 cm³/mol. The largest absolute Gasteiger partial charge is 0.497 e. The average Bonchev–Trinajstić information content (AvgIpc) is 3.41. The van der Waals surface area contributed by atoms with Crippen LogP contribution >= 0.6 is 0 Å². The van der Waals surface area contributed by atoms with Crippen LogP contribution in [0.3, 0.4) is 0 Å². The molecule has 0 unspecified atom stereocenters. The van der Waals surface area contributed by atoms with Crippen molar-refractivity contribution in [3.63, 3.8) is 0 Å². The van der Waals surface area contributed by atoms with E-state index in [0.717, 1.165) is 22.3 Å². The molecule has 0 radical (unpaired) electrons. The highest BCUT2D eigenvalue weighted by atomic mass is 16.5. The Hall–Kier alpha value is -8.78. The van der Waals surface area contributed by atoms with Gasteiger partial charge in [0.2, 0.25) is 35.4 Å². The molecule has 0 fully saturated rings. The fourth-order valence-corrected chi connectivity index (χ4v) is 7.12. The number of likely N-dealkylation sites (N-methyl/N-ethyl adjacent to an activating group) is 2. The van der Waals surface area contributed by atoms with Crippen LogP contribution in [0.4, 0.5) is 11.6 Å². The first-order valence-electron chi connectivity index (χ1n) is 23.7. The lowest BCUT2D eigenvalue weighted by Crippen LogP contribution is -2.40. The van der Waals surface area contributed by atoms with Gasteiger partial charge in [0.25, 0.3) is 0 Å². The maximum atomic E-state index is 13.0. The van der Waals surface area contributed by atoms with Crippen molar-refractivity contribution in [3.05, 3.63) is 115 Å². The highest BCUT2D eigenvalue weighted by molar-refractivity contribution is 5.95. The lowest BCUT2D eigenvalue weighted by atomic mass is 10.1. The molecular weight excluding hydrogens is 949 g/mol. The fourth-order valence-electron chi connectivity index (χ4n) is 7.12. The Labute approximate surface area is 429 Å². The molecule has 0 saturated carbocycles. The van der Waals surface area contributed by atoms with Crippen molar-refractivity contribution < 1.29 is 47.7 Å². The summed E-state index contributed by atoms with van der Waals surface area (Å²) in [4.78, 5) is 98.0. The van der Waals surface area contributed by atoms with Gasteiger partial charge in [0.1, 0.15) is 28.9 Å². The van der Waals surface area contributed by atoms with Gasteiger partial charge in [0, 0.05) is 87.3 Å². The molecule has 386 valence electrons. The average molecular weight is 1010 g/mol. The number of benzene rings is 4. The van der Waals surface area contributed by atoms with E-state index in [-0.39, 0.29) is 76.7 Å². The Balaban J connectivity index is 0.851. The molecule has 20 heteroatoms. The van der Waals surface area contributed by atoms with Crippen molar-refractivity contribution >= 4 is 47.1 Å². The van der Waals surface area contributed by atoms with Crippen molar-refractivity contribution in [3.8, 4) is 62.5 Å². The molecule has 6 rings (SSSR count). The Morgan fingerprint density at radius 2 is 0.811 bits per heavy atom. The van der Waals surface area contributed by atoms with Crippen molar-refractivity contribution in [2.45, 2.75) is 32.6 Å². The summed E-state index contributed by atoms with van der Waals surface area (Å²) in [6, 6.07) is 32.8. The summed E-state index contributed by atoms with van der Waals surface area (Å²) >= 11 is 0. The molecule has 6 aromatic rings. The predicted octanol–water partition coefficient (Wildman–Crippen LogP) is 5.57. The van der Waals surface area contributed by atoms with Crippen LogP contribution in [0.5, 0.6) is 17.2 Å². The number of aromatic nitrogens is 4. The van der Waals surface area contributed by atoms with Gasteiger partial charge in [-0.05, 0) is 79.7 Å². The number of amides is 6. The van der Waals surface area contributed by atoms with Gasteiger partial charge in [-0.2, -0.15) is 0 Å². The number of aryl methyl sites for hydroxylation is 1. The van der Waals surface area contributed by atoms with Gasteiger partial charge in [0.05, 0.1) is 59.0 Å². The molecule has 4 aromatic carbocycles. The van der Waals surface area contributed by atoms with Crippen LogP contribution < -0.4 is 35.5 Å². The van der Waals surface area contributed by atoms with Crippen LogP contribution in [-0.2, 0) is 33.5 Å². The first-order valence-corrected chi connectivity index (χ1v) is 23.7. The minimum atomic E-state index is -0.448. The van der Waals surface area contributed by atoms with E-state index in [4.69, 9.17) is 28.9 Å². The van der Waals surface area contributed by atoms with Crippen LogP contribution in [0.25, 0.3) is 45.3 Å². The smallest absolute Gasteiger partial charge is 0.239 e. The van der Waals surface area contributed by atoms with Crippen molar-refractivity contribution in [2.24, 2.45) is 0 Å². The van der Waals surface area contributed by atoms with E-state index in [0.29, 0.717) is 45.8 Å². The van der Waals surface area contributed by atoms with E-state index >= 15 is 0 Å². The maximum Gasteiger partial charge on any atom is 0.239 e. The summed E-state index contributed by atoms with van der Waals surface area (Å²) in [6.45, 7) is 2.07. The standard InChI is InChI=1S/C54H60N10O10/c1-35-7-9-38(10-8-35)53-57-43(36-11-17-40(71-4)18-12-36)31-45(61-53)59-47(65)23-25-51(69)63(2)33-49(67)55-27-29-74-30-28-56-50(68)34-64(3)52(70)26-24-48(66)60-46-32-44(37-13-19-41(72-5)20-14-37)58-54(62-46)39-15-21-42(73-6)22-16-39/h7-22,31-32H,23-30,33-34H2,1-6H3,(H,55,67)(H,56,68)(H,57,59,61,65)(H,58,60,62,66). The molecule has 74 heavy (non-hydrogen) atoms. The number of hydrogen-bond acceptors (Lipinski definition) is 14. The van der Waals surface area contributed by atoms with Gasteiger partial charge in [-0.15, -0.1) is 0 Å². The van der Waals surface area contributed by atoms with Gasteiger partial charge in [-0.1, -0.05) is 29.8 Å². The number of hydrogen-bond donors (Lipinski definition) is 4. The number of rotatable bonds is 25. The van der Waals surface area contributed by atoms with Gasteiger partial charge in [-0.3, -0.25) is 28.8 Å². The Bertz CT molecular complexity index is 2820. The number of nitrogens with zero attached hydrogens (tertiary/aromatic N) is 6. The Morgan fingerprint density at radius 1 is 0.459 bits per heavy atom. The summed E-state index contributed by atoms with van der Waals surface area (Å²) in [7, 11) is 7.68. The summed E-state index contributed by atoms with van der Waals surface area (Å²) < 4.78 is 21.4. The van der Waals surface area contributed by atoms with Crippen LogP contribution in [0.1, 0.15) is 31.2 Å². The third-order valence-electron chi connectivity index (χ3n) is 11.3. The van der Waals surface area contributed by atoms with Crippen LogP contribution in [0, 0.1) is 6.92 Å². The number of carbonyl (C=O) groups is 6. The van der Waals surface area contributed by atoms with Crippen molar-refractivity contribution in [2.75, 3.05) is 85.5 Å². The molecule has 0 atom stereocenters. The number of nitrogens with one attached hydrogen (secondary N) is 4. The molecule has 20 nitrogen and oxygen atoms in total. The fraction of sp³-hybridized carbons (Fsp3) is 0.296. The number of carbonyl (C=O) groups excluding carboxylic acids is 6. The Kier molecular flexibility index (Phi) is 20.0. The highest BCUT2D eigenvalue weighted by Crippen LogP contribution is 2.29.